The summed E-state index contributed by atoms with van der Waals surface area (Å²) in [6.45, 7) is 24.1. The lowest BCUT2D eigenvalue weighted by molar-refractivity contribution is -0.148. The van der Waals surface area contributed by atoms with E-state index in [0.29, 0.717) is 12.3 Å². The van der Waals surface area contributed by atoms with Crippen molar-refractivity contribution in [1.29, 1.82) is 0 Å². The average Bonchev–Trinajstić information content (AvgIpc) is 3.16. The predicted octanol–water partition coefficient (Wildman–Crippen LogP) is 17.0. The molecule has 3 heteroatoms. The number of ether oxygens (including phenoxy) is 1. The van der Waals surface area contributed by atoms with Crippen LogP contribution in [0.2, 0.25) is 0 Å². The molecular formula is C58H88O3. The van der Waals surface area contributed by atoms with E-state index in [9.17, 15) is 9.90 Å². The molecular weight excluding hydrogens is 745 g/mol. The molecule has 2 rings (SSSR count). The van der Waals surface area contributed by atoms with E-state index in [1.807, 2.05) is 0 Å². The second-order valence-corrected chi connectivity index (χ2v) is 19.5. The fraction of sp³-hybridized carbons (Fsp3) is 0.569. The molecule has 0 unspecified atom stereocenters. The number of carbonyl (C=O) groups is 1. The van der Waals surface area contributed by atoms with Crippen LogP contribution in [0.4, 0.5) is 0 Å². The molecule has 0 heterocycles. The van der Waals surface area contributed by atoms with Crippen molar-refractivity contribution in [2.75, 3.05) is 0 Å². The lowest BCUT2D eigenvalue weighted by Gasteiger charge is -2.40. The lowest BCUT2D eigenvalue weighted by Crippen LogP contribution is -2.34. The Kier molecular flexibility index (Phi) is 25.9. The van der Waals surface area contributed by atoms with E-state index >= 15 is 0 Å². The zero-order valence-corrected chi connectivity index (χ0v) is 40.8. The van der Waals surface area contributed by atoms with Crippen LogP contribution in [0.5, 0.6) is 0 Å². The molecule has 0 aromatic rings. The smallest absolute Gasteiger partial charge is 0.306 e. The summed E-state index contributed by atoms with van der Waals surface area (Å²) in [5, 5.41) is 10.2. The standard InChI is InChI=1S/C58H88O3/c1-12-13-14-15-16-17-18-19-20-21-22-23-24-25-26-37-56(60)61-53-43-51(7)55(58(10,11)45-53)41-39-49(5)36-30-34-47(3)32-28-27-31-46(2)33-29-35-48(4)38-40-54-50(6)42-52(59)44-57(54,8)9/h19-20,27-36,38-41,43,52-53,55,59H,12-18,21-26,37,42,44-45H2,1-11H3/b20-19-,28-27+,33-29+,34-30+,40-38+,41-39+,46-31+,47-32+,48-35+,49-36+/t52-,53+,55+/m1/s1. The minimum Gasteiger partial charge on any atom is -0.458 e. The first-order valence-corrected chi connectivity index (χ1v) is 24.0. The summed E-state index contributed by atoms with van der Waals surface area (Å²) in [5.41, 5.74) is 8.66. The molecule has 2 aliphatic carbocycles. The Balaban J connectivity index is 1.74. The van der Waals surface area contributed by atoms with Crippen LogP contribution < -0.4 is 0 Å². The highest BCUT2D eigenvalue weighted by Gasteiger charge is 2.36. The first-order chi connectivity index (χ1) is 29.0. The van der Waals surface area contributed by atoms with Gasteiger partial charge in [-0.3, -0.25) is 4.79 Å². The predicted molar refractivity (Wildman–Crippen MR) is 267 cm³/mol. The van der Waals surface area contributed by atoms with Crippen LogP contribution in [-0.4, -0.2) is 23.3 Å². The quantitative estimate of drug-likeness (QED) is 0.0409. The van der Waals surface area contributed by atoms with Crippen LogP contribution >= 0.6 is 0 Å². The highest BCUT2D eigenvalue weighted by molar-refractivity contribution is 5.69. The topological polar surface area (TPSA) is 46.5 Å². The Morgan fingerprint density at radius 3 is 1.75 bits per heavy atom. The van der Waals surface area contributed by atoms with Crippen LogP contribution in [-0.2, 0) is 9.53 Å². The minimum absolute atomic E-state index is 0.00335. The first-order valence-electron chi connectivity index (χ1n) is 24.0. The number of hydrogen-bond donors (Lipinski definition) is 1. The van der Waals surface area contributed by atoms with Gasteiger partial charge in [-0.15, -0.1) is 0 Å². The number of allylic oxidation sites excluding steroid dienone is 22. The molecule has 0 aromatic heterocycles. The zero-order chi connectivity index (χ0) is 45.1. The number of hydrogen-bond acceptors (Lipinski definition) is 3. The Morgan fingerprint density at radius 1 is 0.689 bits per heavy atom. The van der Waals surface area contributed by atoms with Crippen LogP contribution in [0.15, 0.2) is 142 Å². The van der Waals surface area contributed by atoms with Gasteiger partial charge in [0.15, 0.2) is 0 Å². The molecule has 0 aliphatic heterocycles. The minimum atomic E-state index is -0.234. The monoisotopic (exact) mass is 833 g/mol. The second kappa shape index (κ2) is 29.6. The maximum atomic E-state index is 12.7. The van der Waals surface area contributed by atoms with E-state index in [4.69, 9.17) is 4.74 Å². The van der Waals surface area contributed by atoms with Crippen LogP contribution in [0, 0.1) is 16.7 Å². The Labute approximate surface area is 375 Å². The summed E-state index contributed by atoms with van der Waals surface area (Å²) < 4.78 is 5.97. The highest BCUT2D eigenvalue weighted by atomic mass is 16.5. The van der Waals surface area contributed by atoms with Crippen LogP contribution in [0.1, 0.15) is 185 Å². The molecule has 0 bridgehead atoms. The average molecular weight is 833 g/mol. The van der Waals surface area contributed by atoms with E-state index < -0.39 is 0 Å². The van der Waals surface area contributed by atoms with Gasteiger partial charge in [0.25, 0.3) is 0 Å². The maximum Gasteiger partial charge on any atom is 0.306 e. The van der Waals surface area contributed by atoms with Crippen molar-refractivity contribution in [3.05, 3.63) is 142 Å². The largest absolute Gasteiger partial charge is 0.458 e. The maximum absolute atomic E-state index is 12.7. The van der Waals surface area contributed by atoms with Gasteiger partial charge in [-0.1, -0.05) is 217 Å². The van der Waals surface area contributed by atoms with Gasteiger partial charge in [-0.2, -0.15) is 0 Å². The fourth-order valence-corrected chi connectivity index (χ4v) is 8.76. The molecule has 0 aromatic carbocycles. The Morgan fingerprint density at radius 2 is 1.20 bits per heavy atom. The second-order valence-electron chi connectivity index (χ2n) is 19.5. The zero-order valence-electron chi connectivity index (χ0n) is 40.8. The molecule has 3 atom stereocenters. The third-order valence-corrected chi connectivity index (χ3v) is 12.2. The summed E-state index contributed by atoms with van der Waals surface area (Å²) in [6, 6.07) is 0. The van der Waals surface area contributed by atoms with Gasteiger partial charge in [0, 0.05) is 12.3 Å². The Hall–Kier alpha value is -3.69. The molecule has 3 nitrogen and oxygen atoms in total. The molecule has 0 fully saturated rings. The van der Waals surface area contributed by atoms with Gasteiger partial charge >= 0.3 is 5.97 Å². The number of esters is 1. The van der Waals surface area contributed by atoms with Crippen LogP contribution in [0.3, 0.4) is 0 Å². The van der Waals surface area contributed by atoms with Gasteiger partial charge in [0.1, 0.15) is 6.10 Å². The summed E-state index contributed by atoms with van der Waals surface area (Å²) in [4.78, 5) is 12.7. The summed E-state index contributed by atoms with van der Waals surface area (Å²) in [7, 11) is 0. The van der Waals surface area contributed by atoms with Crippen molar-refractivity contribution >= 4 is 5.97 Å². The third kappa shape index (κ3) is 23.4. The number of carbonyl (C=O) groups excluding carboxylic acids is 1. The molecule has 0 saturated carbocycles. The SMILES string of the molecule is CCCCCCCC/C=C\CCCCCCCC(=O)O[C@H]1C=C(C)[C@H](/C=C/C(C)=C/C=C/C(C)=C/C=C/C=C(C)/C=C/C=C(C)/C=C/C2=C(C)C[C@@H](O)CC2(C)C)C(C)(C)C1. The number of rotatable bonds is 26. The summed E-state index contributed by atoms with van der Waals surface area (Å²) >= 11 is 0. The first kappa shape index (κ1) is 53.4. The molecule has 61 heavy (non-hydrogen) atoms. The van der Waals surface area contributed by atoms with Crippen molar-refractivity contribution in [2.24, 2.45) is 16.7 Å². The van der Waals surface area contributed by atoms with Crippen molar-refractivity contribution in [3.8, 4) is 0 Å². The normalized spacial score (nSPS) is 22.0. The number of aliphatic hydroxyl groups is 1. The lowest BCUT2D eigenvalue weighted by atomic mass is 9.67. The van der Waals surface area contributed by atoms with E-state index in [0.717, 1.165) is 32.1 Å². The van der Waals surface area contributed by atoms with E-state index in [2.05, 4.69) is 179 Å². The summed E-state index contributed by atoms with van der Waals surface area (Å²) in [5.74, 6) is 0.243. The van der Waals surface area contributed by atoms with Crippen molar-refractivity contribution in [3.63, 3.8) is 0 Å². The van der Waals surface area contributed by atoms with Crippen molar-refractivity contribution < 1.29 is 14.6 Å². The van der Waals surface area contributed by atoms with E-state index in [1.54, 1.807) is 0 Å². The van der Waals surface area contributed by atoms with Gasteiger partial charge in [-0.25, -0.2) is 0 Å². The van der Waals surface area contributed by atoms with Gasteiger partial charge in [0.05, 0.1) is 6.10 Å². The fourth-order valence-electron chi connectivity index (χ4n) is 8.76. The highest BCUT2D eigenvalue weighted by Crippen LogP contribution is 2.43. The summed E-state index contributed by atoms with van der Waals surface area (Å²) in [6.07, 6.45) is 55.9. The molecule has 0 radical (unpaired) electrons. The van der Waals surface area contributed by atoms with Gasteiger partial charge in [-0.05, 0) is 115 Å². The van der Waals surface area contributed by atoms with Crippen molar-refractivity contribution in [2.45, 2.75) is 198 Å². The molecule has 338 valence electrons. The Bertz CT molecular complexity index is 1700. The van der Waals surface area contributed by atoms with Gasteiger partial charge in [0.2, 0.25) is 0 Å². The van der Waals surface area contributed by atoms with E-state index in [-0.39, 0.29) is 29.0 Å². The third-order valence-electron chi connectivity index (χ3n) is 12.2. The van der Waals surface area contributed by atoms with Crippen LogP contribution in [0.25, 0.3) is 0 Å². The molecule has 0 spiro atoms. The molecule has 1 N–H and O–H groups in total. The van der Waals surface area contributed by atoms with Crippen molar-refractivity contribution in [1.82, 2.24) is 0 Å². The molecule has 0 amide bonds. The van der Waals surface area contributed by atoms with E-state index in [1.165, 1.54) is 110 Å². The number of unbranched alkanes of at least 4 members (excludes halogenated alkanes) is 11. The molecule has 0 saturated heterocycles. The van der Waals surface area contributed by atoms with Gasteiger partial charge < -0.3 is 9.84 Å². The number of aliphatic hydroxyl groups excluding tert-OH is 1. The molecule has 2 aliphatic rings.